The summed E-state index contributed by atoms with van der Waals surface area (Å²) < 4.78 is 25.8. The molecule has 2 fully saturated rings. The molecule has 0 aliphatic carbocycles. The molecule has 0 saturated carbocycles. The van der Waals surface area contributed by atoms with Gasteiger partial charge in [-0.25, -0.2) is 8.78 Å². The van der Waals surface area contributed by atoms with Crippen LogP contribution in [0.3, 0.4) is 0 Å². The maximum atomic E-state index is 13.1. The van der Waals surface area contributed by atoms with Crippen LogP contribution in [-0.2, 0) is 18.1 Å². The lowest BCUT2D eigenvalue weighted by Crippen LogP contribution is -2.37. The van der Waals surface area contributed by atoms with Crippen molar-refractivity contribution in [2.45, 2.75) is 51.0 Å². The Bertz CT molecular complexity index is 977. The molecule has 0 bridgehead atoms. The number of carbonyl (C=O) groups is 1. The van der Waals surface area contributed by atoms with Crippen LogP contribution >= 0.6 is 0 Å². The largest absolute Gasteiger partial charge is 0.380 e. The molecule has 1 amide bonds. The van der Waals surface area contributed by atoms with Crippen LogP contribution in [0.1, 0.15) is 48.3 Å². The van der Waals surface area contributed by atoms with E-state index in [0.717, 1.165) is 50.1 Å². The highest BCUT2D eigenvalue weighted by Crippen LogP contribution is 2.29. The van der Waals surface area contributed by atoms with Gasteiger partial charge in [0.05, 0.1) is 0 Å². The third-order valence-electron chi connectivity index (χ3n) is 7.07. The Morgan fingerprint density at radius 2 is 1.76 bits per heavy atom. The summed E-state index contributed by atoms with van der Waals surface area (Å²) in [5.41, 5.74) is 3.12. The fraction of sp³-hybridized carbons (Fsp3) is 0.500. The first-order valence-corrected chi connectivity index (χ1v) is 12.0. The Morgan fingerprint density at radius 3 is 2.44 bits per heavy atom. The molecular formula is C26H32F2N4O2. The Morgan fingerprint density at radius 1 is 1.00 bits per heavy atom. The van der Waals surface area contributed by atoms with Crippen LogP contribution < -0.4 is 5.32 Å². The van der Waals surface area contributed by atoms with Gasteiger partial charge in [0.25, 0.3) is 0 Å². The first-order valence-electron chi connectivity index (χ1n) is 12.0. The quantitative estimate of drug-likeness (QED) is 0.505. The van der Waals surface area contributed by atoms with Gasteiger partial charge in [0.15, 0.2) is 0 Å². The van der Waals surface area contributed by atoms with Crippen molar-refractivity contribution in [3.05, 3.63) is 64.1 Å². The Kier molecular flexibility index (Phi) is 8.21. The molecule has 0 spiro atoms. The van der Waals surface area contributed by atoms with E-state index in [1.807, 2.05) is 29.2 Å². The minimum absolute atomic E-state index is 0.103. The van der Waals surface area contributed by atoms with Crippen LogP contribution in [0, 0.1) is 4.91 Å². The summed E-state index contributed by atoms with van der Waals surface area (Å²) in [5.74, 6) is 0.665. The summed E-state index contributed by atoms with van der Waals surface area (Å²) >= 11 is 0. The van der Waals surface area contributed by atoms with Gasteiger partial charge < -0.3 is 15.1 Å². The molecular weight excluding hydrogens is 438 g/mol. The molecule has 4 rings (SSSR count). The van der Waals surface area contributed by atoms with Gasteiger partial charge in [-0.1, -0.05) is 24.3 Å². The van der Waals surface area contributed by atoms with Crippen molar-refractivity contribution >= 4 is 17.3 Å². The summed E-state index contributed by atoms with van der Waals surface area (Å²) in [4.78, 5) is 27.8. The van der Waals surface area contributed by atoms with Crippen LogP contribution in [0.5, 0.6) is 0 Å². The van der Waals surface area contributed by atoms with Crippen LogP contribution in [0.4, 0.5) is 20.2 Å². The number of nitrogens with one attached hydrogen (secondary N) is 1. The predicted octanol–water partition coefficient (Wildman–Crippen LogP) is 5.31. The number of amides is 1. The van der Waals surface area contributed by atoms with E-state index in [0.29, 0.717) is 25.4 Å². The van der Waals surface area contributed by atoms with Crippen molar-refractivity contribution in [2.75, 3.05) is 38.0 Å². The van der Waals surface area contributed by atoms with E-state index in [-0.39, 0.29) is 23.2 Å². The van der Waals surface area contributed by atoms with Gasteiger partial charge in [-0.15, -0.1) is 4.91 Å². The number of rotatable bonds is 9. The molecule has 1 N–H and O–H groups in total. The number of hydrogen-bond acceptors (Lipinski definition) is 5. The standard InChI is InChI=1S/C26H32F2N4O2/c27-16-19-1-3-20(4-2-19)21-7-11-31(12-8-21)13-10-26(33)32-14-9-24(18-32)29-23-5-6-25(30-34)22(15-23)17-28/h1-6,15,21,24,29H,7-14,16-18H2/t24-/m0/s1. The third kappa shape index (κ3) is 5.97. The average Bonchev–Trinajstić information content (AvgIpc) is 3.36. The predicted molar refractivity (Wildman–Crippen MR) is 130 cm³/mol. The normalized spacial score (nSPS) is 19.4. The van der Waals surface area contributed by atoms with Crippen molar-refractivity contribution in [3.8, 4) is 0 Å². The first-order chi connectivity index (χ1) is 16.6. The number of halogens is 2. The van der Waals surface area contributed by atoms with Gasteiger partial charge in [-0.3, -0.25) is 4.79 Å². The number of anilines is 1. The maximum absolute atomic E-state index is 13.1. The summed E-state index contributed by atoms with van der Waals surface area (Å²) in [6.07, 6.45) is 3.45. The van der Waals surface area contributed by atoms with Crippen molar-refractivity contribution in [1.82, 2.24) is 9.80 Å². The second kappa shape index (κ2) is 11.5. The number of carbonyl (C=O) groups excluding carboxylic acids is 1. The highest BCUT2D eigenvalue weighted by atomic mass is 19.1. The molecule has 8 heteroatoms. The lowest BCUT2D eigenvalue weighted by atomic mass is 9.89. The van der Waals surface area contributed by atoms with E-state index in [4.69, 9.17) is 0 Å². The molecule has 1 atom stereocenters. The number of hydrogen-bond donors (Lipinski definition) is 1. The smallest absolute Gasteiger partial charge is 0.223 e. The molecule has 6 nitrogen and oxygen atoms in total. The average molecular weight is 471 g/mol. The van der Waals surface area contributed by atoms with Gasteiger partial charge in [-0.2, -0.15) is 0 Å². The molecule has 0 unspecified atom stereocenters. The molecule has 2 aliphatic heterocycles. The van der Waals surface area contributed by atoms with E-state index in [1.165, 1.54) is 11.6 Å². The van der Waals surface area contributed by atoms with Crippen LogP contribution in [0.2, 0.25) is 0 Å². The van der Waals surface area contributed by atoms with Crippen molar-refractivity contribution in [3.63, 3.8) is 0 Å². The molecule has 34 heavy (non-hydrogen) atoms. The monoisotopic (exact) mass is 470 g/mol. The summed E-state index contributed by atoms with van der Waals surface area (Å²) in [6, 6.07) is 12.8. The van der Waals surface area contributed by atoms with Crippen molar-refractivity contribution in [1.29, 1.82) is 0 Å². The van der Waals surface area contributed by atoms with E-state index in [2.05, 4.69) is 15.4 Å². The maximum Gasteiger partial charge on any atom is 0.223 e. The third-order valence-corrected chi connectivity index (χ3v) is 7.07. The summed E-state index contributed by atoms with van der Waals surface area (Å²) in [7, 11) is 0. The molecule has 2 saturated heterocycles. The Labute approximate surface area is 199 Å². The van der Waals surface area contributed by atoms with E-state index in [9.17, 15) is 18.5 Å². The minimum atomic E-state index is -0.742. The lowest BCUT2D eigenvalue weighted by molar-refractivity contribution is -0.130. The number of nitrogens with zero attached hydrogens (tertiary/aromatic N) is 3. The summed E-state index contributed by atoms with van der Waals surface area (Å²) in [5, 5.41) is 6.20. The second-order valence-electron chi connectivity index (χ2n) is 9.28. The molecule has 2 aliphatic rings. The number of alkyl halides is 2. The molecule has 2 aromatic carbocycles. The zero-order chi connectivity index (χ0) is 23.9. The van der Waals surface area contributed by atoms with Crippen LogP contribution in [0.15, 0.2) is 47.6 Å². The minimum Gasteiger partial charge on any atom is -0.380 e. The Balaban J connectivity index is 1.19. The molecule has 2 aromatic rings. The van der Waals surface area contributed by atoms with Crippen LogP contribution in [0.25, 0.3) is 0 Å². The van der Waals surface area contributed by atoms with E-state index < -0.39 is 13.3 Å². The molecule has 182 valence electrons. The van der Waals surface area contributed by atoms with Crippen LogP contribution in [-0.4, -0.2) is 54.5 Å². The van der Waals surface area contributed by atoms with Gasteiger partial charge in [0, 0.05) is 43.3 Å². The molecule has 2 heterocycles. The number of benzene rings is 2. The number of piperidine rings is 1. The van der Waals surface area contributed by atoms with Gasteiger partial charge in [0.2, 0.25) is 5.91 Å². The van der Waals surface area contributed by atoms with E-state index >= 15 is 0 Å². The van der Waals surface area contributed by atoms with Gasteiger partial charge in [-0.05, 0) is 72.8 Å². The van der Waals surface area contributed by atoms with Crippen molar-refractivity contribution < 1.29 is 13.6 Å². The van der Waals surface area contributed by atoms with Crippen molar-refractivity contribution in [2.24, 2.45) is 5.18 Å². The SMILES string of the molecule is O=Nc1ccc(N[C@H]2CCN(C(=O)CCN3CCC(c4ccc(CF)cc4)CC3)C2)cc1CF. The number of nitroso groups, excluding NO2 is 1. The Hall–Kier alpha value is -2.87. The molecule has 0 aromatic heterocycles. The zero-order valence-corrected chi connectivity index (χ0v) is 19.4. The lowest BCUT2D eigenvalue weighted by Gasteiger charge is -2.32. The molecule has 0 radical (unpaired) electrons. The number of likely N-dealkylation sites (tertiary alicyclic amines) is 2. The topological polar surface area (TPSA) is 65.0 Å². The fourth-order valence-corrected chi connectivity index (χ4v) is 4.99. The fourth-order valence-electron chi connectivity index (χ4n) is 4.99. The van der Waals surface area contributed by atoms with E-state index in [1.54, 1.807) is 12.1 Å². The van der Waals surface area contributed by atoms with Gasteiger partial charge in [0.1, 0.15) is 19.0 Å². The first kappa shape index (κ1) is 24.3. The second-order valence-corrected chi connectivity index (χ2v) is 9.28. The zero-order valence-electron chi connectivity index (χ0n) is 19.4. The summed E-state index contributed by atoms with van der Waals surface area (Å²) in [6.45, 7) is 2.86. The highest BCUT2D eigenvalue weighted by molar-refractivity contribution is 5.76. The van der Waals surface area contributed by atoms with Gasteiger partial charge >= 0.3 is 0 Å². The highest BCUT2D eigenvalue weighted by Gasteiger charge is 2.27.